The Morgan fingerprint density at radius 3 is 2.11 bits per heavy atom. The van der Waals surface area contributed by atoms with Gasteiger partial charge in [-0.15, -0.1) is 0 Å². The molecule has 0 N–H and O–H groups in total. The minimum absolute atomic E-state index is 0.321. The Hall–Kier alpha value is -1.45. The summed E-state index contributed by atoms with van der Waals surface area (Å²) >= 11 is 10.1. The molecule has 0 spiro atoms. The molecule has 0 radical (unpaired) electrons. The van der Waals surface area contributed by atoms with Crippen molar-refractivity contribution in [2.45, 2.75) is 9.48 Å². The maximum Gasteiger partial charge on any atom is 0.602 e. The van der Waals surface area contributed by atoms with E-state index in [0.29, 0.717) is 0 Å². The summed E-state index contributed by atoms with van der Waals surface area (Å²) in [5, 5.41) is 21.5. The van der Waals surface area contributed by atoms with Crippen LogP contribution in [0.3, 0.4) is 0 Å². The third-order valence-electron chi connectivity index (χ3n) is 1.67. The van der Waals surface area contributed by atoms with Crippen molar-refractivity contribution in [1.29, 1.82) is 0 Å². The number of hydroxylamine groups is 1. The fourth-order valence-electron chi connectivity index (χ4n) is 0.856. The van der Waals surface area contributed by atoms with E-state index in [2.05, 4.69) is 4.52 Å². The highest BCUT2D eigenvalue weighted by Gasteiger charge is 2.51. The topological polar surface area (TPSA) is 116 Å². The molecule has 0 amide bonds. The largest absolute Gasteiger partial charge is 0.602 e. The van der Waals surface area contributed by atoms with Gasteiger partial charge in [0.2, 0.25) is 0 Å². The van der Waals surface area contributed by atoms with E-state index in [1.165, 1.54) is 12.1 Å². The van der Waals surface area contributed by atoms with E-state index in [0.717, 1.165) is 12.1 Å². The van der Waals surface area contributed by atoms with Crippen LogP contribution in [0, 0.1) is 15.3 Å². The Morgan fingerprint density at radius 1 is 1.17 bits per heavy atom. The van der Waals surface area contributed by atoms with E-state index in [1.807, 2.05) is 0 Å². The summed E-state index contributed by atoms with van der Waals surface area (Å²) in [6.45, 7) is 0. The number of hydrogen-bond acceptors (Lipinski definition) is 5. The van der Waals surface area contributed by atoms with Crippen molar-refractivity contribution in [2.75, 3.05) is 0 Å². The molecule has 1 aromatic carbocycles. The van der Waals surface area contributed by atoms with Crippen molar-refractivity contribution in [3.63, 3.8) is 0 Å². The van der Waals surface area contributed by atoms with Crippen LogP contribution < -0.4 is 0 Å². The summed E-state index contributed by atoms with van der Waals surface area (Å²) in [4.78, 5) is 7.74. The average Bonchev–Trinajstić information content (AvgIpc) is 2.29. The molecular weight excluding hydrogens is 309 g/mol. The number of benzene rings is 1. The molecule has 0 aromatic heterocycles. The molecule has 0 atom stereocenters. The first-order valence-electron chi connectivity index (χ1n) is 4.20. The van der Waals surface area contributed by atoms with Crippen LogP contribution in [0.2, 0.25) is 0 Å². The van der Waals surface area contributed by atoms with Gasteiger partial charge in [-0.05, 0) is 12.1 Å². The van der Waals surface area contributed by atoms with E-state index in [9.17, 15) is 23.7 Å². The minimum atomic E-state index is -4.41. The maximum atomic E-state index is 11.6. The van der Waals surface area contributed by atoms with E-state index < -0.39 is 24.4 Å². The molecule has 0 saturated heterocycles. The van der Waals surface area contributed by atoms with Crippen LogP contribution in [0.4, 0.5) is 0 Å². The molecule has 8 nitrogen and oxygen atoms in total. The Kier molecular flexibility index (Phi) is 4.09. The van der Waals surface area contributed by atoms with Gasteiger partial charge in [0.05, 0.1) is 28.1 Å². The van der Waals surface area contributed by atoms with Crippen LogP contribution in [-0.2, 0) is 10.0 Å². The normalized spacial score (nSPS) is 13.3. The lowest BCUT2D eigenvalue weighted by Gasteiger charge is -2.06. The standard InChI is InChI=1S/C7H5Cl2N3O5S/c8-7(9,12(14)15)11(13)10-18(16,17)6-4-2-1-3-5-6/h1-5H/b11-10-. The van der Waals surface area contributed by atoms with Crippen molar-refractivity contribution in [2.24, 2.45) is 4.52 Å². The van der Waals surface area contributed by atoms with Crippen molar-refractivity contribution in [3.05, 3.63) is 45.7 Å². The first kappa shape index (κ1) is 14.6. The van der Waals surface area contributed by atoms with Crippen LogP contribution >= 0.6 is 23.2 Å². The molecule has 0 bridgehead atoms. The van der Waals surface area contributed by atoms with Crippen molar-refractivity contribution in [1.82, 2.24) is 0 Å². The molecule has 0 fully saturated rings. The predicted octanol–water partition coefficient (Wildman–Crippen LogP) is 1.70. The lowest BCUT2D eigenvalue weighted by molar-refractivity contribution is -0.753. The second-order valence-electron chi connectivity index (χ2n) is 2.91. The third kappa shape index (κ3) is 3.06. The minimum Gasteiger partial charge on any atom is -0.591 e. The second-order valence-corrected chi connectivity index (χ2v) is 5.74. The molecule has 0 heterocycles. The molecular formula is C7H5Cl2N3O5S. The Bertz CT molecular complexity index is 586. The van der Waals surface area contributed by atoms with Gasteiger partial charge in [-0.25, -0.2) is 0 Å². The Morgan fingerprint density at radius 2 is 1.67 bits per heavy atom. The van der Waals surface area contributed by atoms with Crippen LogP contribution in [0.1, 0.15) is 0 Å². The molecule has 0 aliphatic carbocycles. The van der Waals surface area contributed by atoms with Crippen LogP contribution in [-0.4, -0.2) is 22.8 Å². The fourth-order valence-corrected chi connectivity index (χ4v) is 1.93. The van der Waals surface area contributed by atoms with Gasteiger partial charge in [-0.1, -0.05) is 18.2 Å². The zero-order valence-electron chi connectivity index (χ0n) is 8.43. The van der Waals surface area contributed by atoms with Gasteiger partial charge in [0.15, 0.2) is 0 Å². The number of nitrogens with zero attached hydrogens (tertiary/aromatic N) is 3. The van der Waals surface area contributed by atoms with E-state index in [1.54, 1.807) is 6.07 Å². The molecule has 11 heteroatoms. The molecule has 18 heavy (non-hydrogen) atoms. The molecule has 0 unspecified atom stereocenters. The highest BCUT2D eigenvalue weighted by Crippen LogP contribution is 2.24. The third-order valence-corrected chi connectivity index (χ3v) is 3.47. The fraction of sp³-hybridized carbons (Fsp3) is 0.143. The number of sulfonamides is 1. The Balaban J connectivity index is 3.22. The van der Waals surface area contributed by atoms with E-state index in [4.69, 9.17) is 23.2 Å². The van der Waals surface area contributed by atoms with E-state index in [-0.39, 0.29) is 4.90 Å². The van der Waals surface area contributed by atoms with Crippen molar-refractivity contribution in [3.8, 4) is 0 Å². The molecule has 0 aliphatic heterocycles. The molecule has 1 rings (SSSR count). The van der Waals surface area contributed by atoms with Gasteiger partial charge in [0.25, 0.3) is 0 Å². The summed E-state index contributed by atoms with van der Waals surface area (Å²) < 4.78 is 22.5. The maximum absolute atomic E-state index is 11.6. The summed E-state index contributed by atoms with van der Waals surface area (Å²) in [6.07, 6.45) is 0. The number of rotatable bonds is 4. The van der Waals surface area contributed by atoms with Crippen LogP contribution in [0.15, 0.2) is 39.7 Å². The molecule has 0 aliphatic rings. The summed E-state index contributed by atoms with van der Waals surface area (Å²) in [5.41, 5.74) is 0. The number of halogens is 2. The Labute approximate surface area is 111 Å². The second kappa shape index (κ2) is 5.04. The molecule has 98 valence electrons. The smallest absolute Gasteiger partial charge is 0.591 e. The molecule has 1 aromatic rings. The van der Waals surface area contributed by atoms with Gasteiger partial charge in [-0.2, -0.15) is 8.42 Å². The number of nitro groups is 1. The van der Waals surface area contributed by atoms with Crippen LogP contribution in [0.5, 0.6) is 0 Å². The summed E-state index contributed by atoms with van der Waals surface area (Å²) in [5.74, 6) is 0. The zero-order valence-corrected chi connectivity index (χ0v) is 10.8. The number of alkyl halides is 2. The van der Waals surface area contributed by atoms with Gasteiger partial charge < -0.3 is 5.21 Å². The lowest BCUT2D eigenvalue weighted by atomic mass is 10.4. The first-order chi connectivity index (χ1) is 8.18. The highest BCUT2D eigenvalue weighted by molar-refractivity contribution is 7.89. The summed E-state index contributed by atoms with van der Waals surface area (Å²) in [7, 11) is -4.41. The van der Waals surface area contributed by atoms with Gasteiger partial charge in [0, 0.05) is 4.86 Å². The van der Waals surface area contributed by atoms with Gasteiger partial charge in [-0.3, -0.25) is 10.1 Å². The van der Waals surface area contributed by atoms with Gasteiger partial charge >= 0.3 is 14.6 Å². The number of hydrogen-bond donors (Lipinski definition) is 0. The zero-order chi connectivity index (χ0) is 14.0. The van der Waals surface area contributed by atoms with E-state index >= 15 is 0 Å². The quantitative estimate of drug-likeness (QED) is 0.159. The highest BCUT2D eigenvalue weighted by atomic mass is 35.5. The lowest BCUT2D eigenvalue weighted by Crippen LogP contribution is -2.35. The first-order valence-corrected chi connectivity index (χ1v) is 6.40. The van der Waals surface area contributed by atoms with Crippen molar-refractivity contribution < 1.29 is 18.2 Å². The van der Waals surface area contributed by atoms with Crippen molar-refractivity contribution >= 4 is 33.2 Å². The SMILES string of the molecule is O=[N+]([O-])C(Cl)(Cl)/[N+]([O-])=N/S(=O)(=O)c1ccccc1. The van der Waals surface area contributed by atoms with Crippen LogP contribution in [0.25, 0.3) is 0 Å². The summed E-state index contributed by atoms with van der Waals surface area (Å²) in [6, 6.07) is 6.63. The van der Waals surface area contributed by atoms with Gasteiger partial charge in [0.1, 0.15) is 9.44 Å². The monoisotopic (exact) mass is 313 g/mol. The predicted molar refractivity (Wildman–Crippen MR) is 61.1 cm³/mol. The average molecular weight is 314 g/mol. The molecule has 0 saturated carbocycles.